The lowest BCUT2D eigenvalue weighted by Gasteiger charge is -2.31. The van der Waals surface area contributed by atoms with Crippen LogP contribution in [0.2, 0.25) is 0 Å². The largest absolute Gasteiger partial charge is 0.511 e. The van der Waals surface area contributed by atoms with Gasteiger partial charge in [0.05, 0.1) is 0 Å². The summed E-state index contributed by atoms with van der Waals surface area (Å²) < 4.78 is 60.8. The van der Waals surface area contributed by atoms with Crippen LogP contribution in [0.1, 0.15) is 33.1 Å². The number of hydrogen-bond donors (Lipinski definition) is 2. The van der Waals surface area contributed by atoms with Crippen molar-refractivity contribution in [1.29, 1.82) is 0 Å². The molecule has 1 fully saturated rings. The number of halogens is 4. The van der Waals surface area contributed by atoms with Crippen molar-refractivity contribution in [3.8, 4) is 0 Å². The highest BCUT2D eigenvalue weighted by atomic mass is 127. The molecule has 150 valence electrons. The molecule has 0 aromatic heterocycles. The van der Waals surface area contributed by atoms with Crippen LogP contribution >= 0.6 is 24.0 Å². The highest BCUT2D eigenvalue weighted by Gasteiger charge is 2.50. The molecule has 0 unspecified atom stereocenters. The highest BCUT2D eigenvalue weighted by Crippen LogP contribution is 2.30. The normalized spacial score (nSPS) is 18.1. The SMILES string of the molecule is CN=C(NCCC(C)C)NCC1CCN(S(=O)(=O)C(F)(F)F)CC1.I. The molecule has 0 atom stereocenters. The van der Waals surface area contributed by atoms with Crippen LogP contribution < -0.4 is 10.6 Å². The Morgan fingerprint density at radius 2 is 1.80 bits per heavy atom. The predicted molar refractivity (Wildman–Crippen MR) is 104 cm³/mol. The topological polar surface area (TPSA) is 73.8 Å². The zero-order chi connectivity index (χ0) is 18.4. The maximum absolute atomic E-state index is 12.5. The second-order valence-electron chi connectivity index (χ2n) is 6.36. The van der Waals surface area contributed by atoms with Gasteiger partial charge in [-0.1, -0.05) is 13.8 Å². The third-order valence-corrected chi connectivity index (χ3v) is 5.63. The molecule has 1 saturated heterocycles. The van der Waals surface area contributed by atoms with Crippen molar-refractivity contribution in [1.82, 2.24) is 14.9 Å². The van der Waals surface area contributed by atoms with Crippen LogP contribution in [-0.2, 0) is 10.0 Å². The van der Waals surface area contributed by atoms with Crippen LogP contribution in [-0.4, -0.2) is 57.4 Å². The third-order valence-electron chi connectivity index (χ3n) is 4.00. The molecular formula is C14H28F3IN4O2S. The summed E-state index contributed by atoms with van der Waals surface area (Å²) >= 11 is 0. The summed E-state index contributed by atoms with van der Waals surface area (Å²) in [6.07, 6.45) is 1.80. The Balaban J connectivity index is 0.00000576. The number of sulfonamides is 1. The van der Waals surface area contributed by atoms with Gasteiger partial charge < -0.3 is 10.6 Å². The van der Waals surface area contributed by atoms with Crippen molar-refractivity contribution in [2.45, 2.75) is 38.6 Å². The summed E-state index contributed by atoms with van der Waals surface area (Å²) in [7, 11) is -3.55. The van der Waals surface area contributed by atoms with Crippen molar-refractivity contribution < 1.29 is 21.6 Å². The van der Waals surface area contributed by atoms with Gasteiger partial charge in [-0.3, -0.25) is 4.99 Å². The van der Waals surface area contributed by atoms with Crippen LogP contribution in [0.5, 0.6) is 0 Å². The Bertz CT molecular complexity index is 519. The van der Waals surface area contributed by atoms with Crippen molar-refractivity contribution in [2.75, 3.05) is 33.2 Å². The van der Waals surface area contributed by atoms with E-state index in [1.54, 1.807) is 7.05 Å². The smallest absolute Gasteiger partial charge is 0.356 e. The monoisotopic (exact) mass is 500 g/mol. The first-order valence-electron chi connectivity index (χ1n) is 8.09. The summed E-state index contributed by atoms with van der Waals surface area (Å²) in [6, 6.07) is 0. The first-order valence-corrected chi connectivity index (χ1v) is 9.53. The molecule has 2 N–H and O–H groups in total. The predicted octanol–water partition coefficient (Wildman–Crippen LogP) is 2.38. The molecule has 0 aliphatic carbocycles. The summed E-state index contributed by atoms with van der Waals surface area (Å²) in [5.74, 6) is 1.35. The maximum Gasteiger partial charge on any atom is 0.511 e. The average Bonchev–Trinajstić information content (AvgIpc) is 2.49. The Morgan fingerprint density at radius 1 is 1.24 bits per heavy atom. The van der Waals surface area contributed by atoms with Gasteiger partial charge in [-0.2, -0.15) is 17.5 Å². The number of aliphatic imine (C=N–C) groups is 1. The first kappa shape index (κ1) is 24.7. The zero-order valence-electron chi connectivity index (χ0n) is 14.8. The standard InChI is InChI=1S/C14H27F3N4O2S.HI/c1-11(2)4-7-19-13(18-3)20-10-12-5-8-21(9-6-12)24(22,23)14(15,16)17;/h11-12H,4-10H2,1-3H3,(H2,18,19,20);1H. The Kier molecular flexibility index (Phi) is 10.6. The molecule has 1 heterocycles. The van der Waals surface area contributed by atoms with Gasteiger partial charge >= 0.3 is 15.5 Å². The van der Waals surface area contributed by atoms with E-state index >= 15 is 0 Å². The van der Waals surface area contributed by atoms with Gasteiger partial charge in [0.1, 0.15) is 0 Å². The van der Waals surface area contributed by atoms with E-state index in [1.165, 1.54) is 0 Å². The summed E-state index contributed by atoms with van der Waals surface area (Å²) in [5, 5.41) is 6.32. The van der Waals surface area contributed by atoms with E-state index in [2.05, 4.69) is 29.5 Å². The molecule has 0 amide bonds. The van der Waals surface area contributed by atoms with Crippen molar-refractivity contribution >= 4 is 40.0 Å². The molecular weight excluding hydrogens is 472 g/mol. The fourth-order valence-electron chi connectivity index (χ4n) is 2.44. The van der Waals surface area contributed by atoms with Crippen LogP contribution in [0.4, 0.5) is 13.2 Å². The fourth-order valence-corrected chi connectivity index (χ4v) is 3.43. The molecule has 25 heavy (non-hydrogen) atoms. The van der Waals surface area contributed by atoms with Crippen LogP contribution in [0.15, 0.2) is 4.99 Å². The molecule has 0 spiro atoms. The lowest BCUT2D eigenvalue weighted by molar-refractivity contribution is -0.0496. The third kappa shape index (κ3) is 7.85. The van der Waals surface area contributed by atoms with Crippen molar-refractivity contribution in [3.05, 3.63) is 0 Å². The van der Waals surface area contributed by atoms with Crippen LogP contribution in [0.3, 0.4) is 0 Å². The average molecular weight is 500 g/mol. The lowest BCUT2D eigenvalue weighted by atomic mass is 9.98. The molecule has 1 aliphatic heterocycles. The van der Waals surface area contributed by atoms with E-state index in [0.717, 1.165) is 13.0 Å². The number of alkyl halides is 3. The van der Waals surface area contributed by atoms with E-state index in [9.17, 15) is 21.6 Å². The molecule has 1 aliphatic rings. The van der Waals surface area contributed by atoms with Gasteiger partial charge in [-0.05, 0) is 31.1 Å². The minimum atomic E-state index is -5.22. The quantitative estimate of drug-likeness (QED) is 0.334. The van der Waals surface area contributed by atoms with E-state index < -0.39 is 15.5 Å². The first-order chi connectivity index (χ1) is 11.1. The molecule has 0 radical (unpaired) electrons. The van der Waals surface area contributed by atoms with Gasteiger partial charge in [-0.25, -0.2) is 8.42 Å². The highest BCUT2D eigenvalue weighted by molar-refractivity contribution is 14.0. The molecule has 0 aromatic carbocycles. The Labute approximate surface area is 165 Å². The number of nitrogens with zero attached hydrogens (tertiary/aromatic N) is 2. The van der Waals surface area contributed by atoms with Gasteiger partial charge in [-0.15, -0.1) is 24.0 Å². The van der Waals surface area contributed by atoms with Gasteiger partial charge in [0, 0.05) is 33.2 Å². The molecule has 0 aromatic rings. The number of hydrogen-bond acceptors (Lipinski definition) is 3. The fraction of sp³-hybridized carbons (Fsp3) is 0.929. The van der Waals surface area contributed by atoms with Crippen LogP contribution in [0.25, 0.3) is 0 Å². The van der Waals surface area contributed by atoms with Gasteiger partial charge in [0.2, 0.25) is 0 Å². The summed E-state index contributed by atoms with van der Waals surface area (Å²) in [5.41, 5.74) is -5.22. The van der Waals surface area contributed by atoms with Crippen molar-refractivity contribution in [2.24, 2.45) is 16.8 Å². The molecule has 11 heteroatoms. The van der Waals surface area contributed by atoms with E-state index in [4.69, 9.17) is 0 Å². The van der Waals surface area contributed by atoms with E-state index in [0.29, 0.717) is 35.6 Å². The van der Waals surface area contributed by atoms with E-state index in [-0.39, 0.29) is 43.0 Å². The van der Waals surface area contributed by atoms with Crippen LogP contribution in [0, 0.1) is 11.8 Å². The summed E-state index contributed by atoms with van der Waals surface area (Å²) in [4.78, 5) is 4.10. The van der Waals surface area contributed by atoms with E-state index in [1.807, 2.05) is 0 Å². The lowest BCUT2D eigenvalue weighted by Crippen LogP contribution is -2.47. The van der Waals surface area contributed by atoms with Gasteiger partial charge in [0.15, 0.2) is 5.96 Å². The summed E-state index contributed by atoms with van der Waals surface area (Å²) in [6.45, 7) is 5.39. The molecule has 0 saturated carbocycles. The number of rotatable bonds is 6. The van der Waals surface area contributed by atoms with Gasteiger partial charge in [0.25, 0.3) is 0 Å². The Morgan fingerprint density at radius 3 is 2.24 bits per heavy atom. The Hall–Kier alpha value is -0.300. The molecule has 0 bridgehead atoms. The molecule has 6 nitrogen and oxygen atoms in total. The number of guanidine groups is 1. The minimum absolute atomic E-state index is 0. The second kappa shape index (κ2) is 10.8. The number of piperidine rings is 1. The maximum atomic E-state index is 12.5. The molecule has 1 rings (SSSR count). The second-order valence-corrected chi connectivity index (χ2v) is 8.29. The number of nitrogens with one attached hydrogen (secondary N) is 2. The minimum Gasteiger partial charge on any atom is -0.356 e. The van der Waals surface area contributed by atoms with Crippen molar-refractivity contribution in [3.63, 3.8) is 0 Å². The zero-order valence-corrected chi connectivity index (χ0v) is 17.9.